The van der Waals surface area contributed by atoms with Gasteiger partial charge in [-0.15, -0.1) is 0 Å². The molecule has 37 heavy (non-hydrogen) atoms. The van der Waals surface area contributed by atoms with E-state index >= 15 is 0 Å². The SMILES string of the molecule is COc1cc(C2CN(C(=O)c3ccc(C)cc3)CC2C(=O)NCc2ccc(F)cc2)cc(OC)c1OC. The highest BCUT2D eigenvalue weighted by Gasteiger charge is 2.41. The fourth-order valence-corrected chi connectivity index (χ4v) is 4.69. The standard InChI is InChI=1S/C29H31FN2O5/c1-18-5-9-20(10-6-18)29(34)32-16-23(21-13-25(35-2)27(37-4)26(14-21)36-3)24(17-32)28(33)31-15-19-7-11-22(30)12-8-19/h5-14,23-24H,15-17H2,1-4H3,(H,31,33). The molecule has 1 heterocycles. The molecule has 3 aromatic carbocycles. The van der Waals surface area contributed by atoms with Gasteiger partial charge in [0.15, 0.2) is 11.5 Å². The number of carbonyl (C=O) groups excluding carboxylic acids is 2. The summed E-state index contributed by atoms with van der Waals surface area (Å²) in [6.45, 7) is 2.82. The van der Waals surface area contributed by atoms with Crippen molar-refractivity contribution in [3.63, 3.8) is 0 Å². The number of ether oxygens (including phenoxy) is 3. The molecule has 2 amide bonds. The smallest absolute Gasteiger partial charge is 0.253 e. The molecular weight excluding hydrogens is 475 g/mol. The lowest BCUT2D eigenvalue weighted by Gasteiger charge is -2.21. The lowest BCUT2D eigenvalue weighted by molar-refractivity contribution is -0.125. The highest BCUT2D eigenvalue weighted by Crippen LogP contribution is 2.43. The van der Waals surface area contributed by atoms with Gasteiger partial charge in [0, 0.05) is 31.1 Å². The molecule has 0 saturated carbocycles. The van der Waals surface area contributed by atoms with Crippen LogP contribution in [0, 0.1) is 18.7 Å². The van der Waals surface area contributed by atoms with Crippen LogP contribution in [0.25, 0.3) is 0 Å². The Morgan fingerprint density at radius 1 is 0.919 bits per heavy atom. The third kappa shape index (κ3) is 5.69. The highest BCUT2D eigenvalue weighted by molar-refractivity contribution is 5.95. The number of amides is 2. The fraction of sp³-hybridized carbons (Fsp3) is 0.310. The summed E-state index contributed by atoms with van der Waals surface area (Å²) in [6, 6.07) is 17.0. The first-order valence-corrected chi connectivity index (χ1v) is 12.0. The summed E-state index contributed by atoms with van der Waals surface area (Å²) in [7, 11) is 4.61. The molecule has 1 N–H and O–H groups in total. The van der Waals surface area contributed by atoms with E-state index in [9.17, 15) is 14.0 Å². The summed E-state index contributed by atoms with van der Waals surface area (Å²) in [6.07, 6.45) is 0. The quantitative estimate of drug-likeness (QED) is 0.492. The molecule has 0 bridgehead atoms. The summed E-state index contributed by atoms with van der Waals surface area (Å²) >= 11 is 0. The second-order valence-electron chi connectivity index (χ2n) is 9.09. The number of methoxy groups -OCH3 is 3. The van der Waals surface area contributed by atoms with Gasteiger partial charge in [0.2, 0.25) is 11.7 Å². The molecule has 0 aliphatic carbocycles. The normalized spacial score (nSPS) is 16.8. The Morgan fingerprint density at radius 3 is 2.11 bits per heavy atom. The molecular formula is C29H31FN2O5. The number of halogens is 1. The second kappa shape index (κ2) is 11.3. The Labute approximate surface area is 216 Å². The lowest BCUT2D eigenvalue weighted by atomic mass is 9.87. The van der Waals surface area contributed by atoms with Gasteiger partial charge in [-0.2, -0.15) is 0 Å². The maximum absolute atomic E-state index is 13.4. The van der Waals surface area contributed by atoms with Gasteiger partial charge in [0.25, 0.3) is 5.91 Å². The summed E-state index contributed by atoms with van der Waals surface area (Å²) in [5, 5.41) is 2.96. The lowest BCUT2D eigenvalue weighted by Crippen LogP contribution is -2.35. The van der Waals surface area contributed by atoms with Gasteiger partial charge in [0.05, 0.1) is 27.2 Å². The third-order valence-electron chi connectivity index (χ3n) is 6.74. The zero-order chi connectivity index (χ0) is 26.5. The summed E-state index contributed by atoms with van der Waals surface area (Å²) in [5.74, 6) is -0.0750. The van der Waals surface area contributed by atoms with Crippen LogP contribution in [-0.2, 0) is 11.3 Å². The van der Waals surface area contributed by atoms with Crippen molar-refractivity contribution in [2.24, 2.45) is 5.92 Å². The number of likely N-dealkylation sites (tertiary alicyclic amines) is 1. The Bertz CT molecular complexity index is 1240. The van der Waals surface area contributed by atoms with Crippen LogP contribution in [0.4, 0.5) is 4.39 Å². The first-order valence-electron chi connectivity index (χ1n) is 12.0. The minimum Gasteiger partial charge on any atom is -0.493 e. The van der Waals surface area contributed by atoms with Crippen molar-refractivity contribution in [1.29, 1.82) is 0 Å². The van der Waals surface area contributed by atoms with Crippen LogP contribution in [0.5, 0.6) is 17.2 Å². The van der Waals surface area contributed by atoms with Crippen molar-refractivity contribution in [2.75, 3.05) is 34.4 Å². The van der Waals surface area contributed by atoms with Crippen LogP contribution in [-0.4, -0.2) is 51.1 Å². The van der Waals surface area contributed by atoms with Gasteiger partial charge in [-0.25, -0.2) is 4.39 Å². The molecule has 8 heteroatoms. The number of nitrogens with zero attached hydrogens (tertiary/aromatic N) is 1. The highest BCUT2D eigenvalue weighted by atomic mass is 19.1. The minimum absolute atomic E-state index is 0.133. The number of hydrogen-bond acceptors (Lipinski definition) is 5. The van der Waals surface area contributed by atoms with E-state index in [4.69, 9.17) is 14.2 Å². The first kappa shape index (κ1) is 26.0. The number of rotatable bonds is 8. The first-order chi connectivity index (χ1) is 17.8. The number of carbonyl (C=O) groups is 2. The van der Waals surface area contributed by atoms with Crippen molar-refractivity contribution < 1.29 is 28.2 Å². The molecule has 0 aromatic heterocycles. The largest absolute Gasteiger partial charge is 0.493 e. The predicted octanol–water partition coefficient (Wildman–Crippen LogP) is 4.33. The van der Waals surface area contributed by atoms with Crippen molar-refractivity contribution in [3.05, 3.63) is 88.7 Å². The van der Waals surface area contributed by atoms with Crippen LogP contribution in [0.15, 0.2) is 60.7 Å². The Hall–Kier alpha value is -4.07. The zero-order valence-electron chi connectivity index (χ0n) is 21.4. The van der Waals surface area contributed by atoms with Crippen molar-refractivity contribution in [2.45, 2.75) is 19.4 Å². The minimum atomic E-state index is -0.516. The monoisotopic (exact) mass is 506 g/mol. The molecule has 1 aliphatic rings. The van der Waals surface area contributed by atoms with Gasteiger partial charge in [-0.1, -0.05) is 29.8 Å². The van der Waals surface area contributed by atoms with E-state index in [2.05, 4.69) is 5.32 Å². The van der Waals surface area contributed by atoms with Crippen LogP contribution < -0.4 is 19.5 Å². The number of nitrogens with one attached hydrogen (secondary N) is 1. The van der Waals surface area contributed by atoms with Gasteiger partial charge < -0.3 is 24.4 Å². The van der Waals surface area contributed by atoms with E-state index in [1.165, 1.54) is 33.5 Å². The molecule has 2 atom stereocenters. The van der Waals surface area contributed by atoms with E-state index in [-0.39, 0.29) is 36.6 Å². The molecule has 0 spiro atoms. The topological polar surface area (TPSA) is 77.1 Å². The van der Waals surface area contributed by atoms with E-state index in [0.717, 1.165) is 16.7 Å². The molecule has 194 valence electrons. The second-order valence-corrected chi connectivity index (χ2v) is 9.09. The van der Waals surface area contributed by atoms with Crippen LogP contribution in [0.3, 0.4) is 0 Å². The summed E-state index contributed by atoms with van der Waals surface area (Å²) in [5.41, 5.74) is 3.22. The van der Waals surface area contributed by atoms with E-state index in [0.29, 0.717) is 29.4 Å². The molecule has 1 saturated heterocycles. The molecule has 1 fully saturated rings. The number of hydrogen-bond donors (Lipinski definition) is 1. The molecule has 1 aliphatic heterocycles. The van der Waals surface area contributed by atoms with E-state index < -0.39 is 5.92 Å². The van der Waals surface area contributed by atoms with Crippen LogP contribution in [0.1, 0.15) is 33.0 Å². The Balaban J connectivity index is 1.64. The van der Waals surface area contributed by atoms with E-state index in [1.807, 2.05) is 31.2 Å². The van der Waals surface area contributed by atoms with Gasteiger partial charge in [0.1, 0.15) is 5.82 Å². The van der Waals surface area contributed by atoms with Crippen LogP contribution >= 0.6 is 0 Å². The average Bonchev–Trinajstić information content (AvgIpc) is 3.37. The van der Waals surface area contributed by atoms with Crippen molar-refractivity contribution >= 4 is 11.8 Å². The van der Waals surface area contributed by atoms with Gasteiger partial charge in [-0.05, 0) is 54.4 Å². The Morgan fingerprint density at radius 2 is 1.54 bits per heavy atom. The van der Waals surface area contributed by atoms with E-state index in [1.54, 1.807) is 29.2 Å². The predicted molar refractivity (Wildman–Crippen MR) is 138 cm³/mol. The maximum atomic E-state index is 13.4. The maximum Gasteiger partial charge on any atom is 0.253 e. The van der Waals surface area contributed by atoms with Gasteiger partial charge in [-0.3, -0.25) is 9.59 Å². The summed E-state index contributed by atoms with van der Waals surface area (Å²) < 4.78 is 29.8. The number of benzene rings is 3. The van der Waals surface area contributed by atoms with Crippen molar-refractivity contribution in [1.82, 2.24) is 10.2 Å². The molecule has 4 rings (SSSR count). The average molecular weight is 507 g/mol. The number of aryl methyl sites for hydroxylation is 1. The third-order valence-corrected chi connectivity index (χ3v) is 6.74. The molecule has 7 nitrogen and oxygen atoms in total. The molecule has 3 aromatic rings. The fourth-order valence-electron chi connectivity index (χ4n) is 4.69. The van der Waals surface area contributed by atoms with Crippen molar-refractivity contribution in [3.8, 4) is 17.2 Å². The summed E-state index contributed by atoms with van der Waals surface area (Å²) in [4.78, 5) is 28.5. The zero-order valence-corrected chi connectivity index (χ0v) is 21.4. The van der Waals surface area contributed by atoms with Crippen LogP contribution in [0.2, 0.25) is 0 Å². The molecule has 2 unspecified atom stereocenters. The molecule has 0 radical (unpaired) electrons. The Kier molecular flexibility index (Phi) is 7.96. The van der Waals surface area contributed by atoms with Gasteiger partial charge >= 0.3 is 0 Å².